The van der Waals surface area contributed by atoms with E-state index in [1.165, 1.54) is 25.2 Å². The van der Waals surface area contributed by atoms with Crippen LogP contribution in [0.25, 0.3) is 0 Å². The molecular formula is C15H17N3O4S. The summed E-state index contributed by atoms with van der Waals surface area (Å²) >= 11 is 0. The van der Waals surface area contributed by atoms with Gasteiger partial charge in [-0.3, -0.25) is 10.1 Å². The van der Waals surface area contributed by atoms with E-state index in [0.717, 1.165) is 5.56 Å². The molecule has 2 rings (SSSR count). The normalized spacial score (nSPS) is 12.6. The molecule has 0 heterocycles. The van der Waals surface area contributed by atoms with Crippen molar-refractivity contribution < 1.29 is 13.3 Å². The molecule has 2 N–H and O–H groups in total. The van der Waals surface area contributed by atoms with Gasteiger partial charge in [0.2, 0.25) is 10.0 Å². The number of hydrogen-bond donors (Lipinski definition) is 2. The summed E-state index contributed by atoms with van der Waals surface area (Å²) in [6.45, 7) is 1.88. The fourth-order valence-electron chi connectivity index (χ4n) is 2.08. The molecule has 0 saturated heterocycles. The Labute approximate surface area is 134 Å². The van der Waals surface area contributed by atoms with Gasteiger partial charge in [0.05, 0.1) is 9.82 Å². The Morgan fingerprint density at radius 1 is 1.13 bits per heavy atom. The summed E-state index contributed by atoms with van der Waals surface area (Å²) in [6, 6.07) is 12.5. The van der Waals surface area contributed by atoms with E-state index >= 15 is 0 Å². The van der Waals surface area contributed by atoms with Gasteiger partial charge in [-0.1, -0.05) is 12.1 Å². The quantitative estimate of drug-likeness (QED) is 0.624. The van der Waals surface area contributed by atoms with Crippen LogP contribution in [0.15, 0.2) is 53.4 Å². The van der Waals surface area contributed by atoms with Gasteiger partial charge in [0, 0.05) is 23.9 Å². The van der Waals surface area contributed by atoms with Crippen molar-refractivity contribution >= 4 is 21.4 Å². The number of anilines is 1. The molecule has 0 aliphatic rings. The number of nitrogens with zero attached hydrogens (tertiary/aromatic N) is 1. The predicted octanol–water partition coefficient (Wildman–Crippen LogP) is 2.68. The first kappa shape index (κ1) is 16.9. The fraction of sp³-hybridized carbons (Fsp3) is 0.200. The van der Waals surface area contributed by atoms with Gasteiger partial charge in [0.25, 0.3) is 5.69 Å². The molecule has 8 heteroatoms. The third kappa shape index (κ3) is 4.05. The van der Waals surface area contributed by atoms with Gasteiger partial charge in [-0.2, -0.15) is 0 Å². The van der Waals surface area contributed by atoms with Gasteiger partial charge in [0.15, 0.2) is 0 Å². The molecule has 23 heavy (non-hydrogen) atoms. The van der Waals surface area contributed by atoms with E-state index in [-0.39, 0.29) is 16.6 Å². The van der Waals surface area contributed by atoms with Crippen LogP contribution in [0.2, 0.25) is 0 Å². The maximum absolute atomic E-state index is 11.8. The van der Waals surface area contributed by atoms with Crippen LogP contribution in [-0.4, -0.2) is 20.4 Å². The van der Waals surface area contributed by atoms with Crippen LogP contribution in [0, 0.1) is 10.1 Å². The molecule has 0 aliphatic heterocycles. The molecule has 0 bridgehead atoms. The summed E-state index contributed by atoms with van der Waals surface area (Å²) < 4.78 is 26.0. The van der Waals surface area contributed by atoms with E-state index in [2.05, 4.69) is 10.0 Å². The third-order valence-corrected chi connectivity index (χ3v) is 4.81. The molecule has 1 atom stereocenters. The van der Waals surface area contributed by atoms with Crippen molar-refractivity contribution in [2.45, 2.75) is 17.9 Å². The highest BCUT2D eigenvalue weighted by atomic mass is 32.2. The second kappa shape index (κ2) is 6.76. The van der Waals surface area contributed by atoms with Crippen LogP contribution in [0.4, 0.5) is 11.4 Å². The number of hydrogen-bond acceptors (Lipinski definition) is 5. The molecule has 2 aromatic carbocycles. The van der Waals surface area contributed by atoms with Crippen molar-refractivity contribution in [2.24, 2.45) is 0 Å². The predicted molar refractivity (Wildman–Crippen MR) is 87.8 cm³/mol. The molecule has 122 valence electrons. The Morgan fingerprint density at radius 2 is 1.78 bits per heavy atom. The summed E-state index contributed by atoms with van der Waals surface area (Å²) in [7, 11) is -2.13. The van der Waals surface area contributed by atoms with Gasteiger partial charge in [0.1, 0.15) is 0 Å². The van der Waals surface area contributed by atoms with Gasteiger partial charge in [-0.05, 0) is 43.8 Å². The number of nitro benzene ring substituents is 1. The summed E-state index contributed by atoms with van der Waals surface area (Å²) in [4.78, 5) is 10.4. The monoisotopic (exact) mass is 335 g/mol. The topological polar surface area (TPSA) is 101 Å². The molecular weight excluding hydrogens is 318 g/mol. The minimum Gasteiger partial charge on any atom is -0.379 e. The van der Waals surface area contributed by atoms with Gasteiger partial charge in [-0.15, -0.1) is 0 Å². The van der Waals surface area contributed by atoms with E-state index in [0.29, 0.717) is 5.69 Å². The number of non-ortho nitro benzene ring substituents is 1. The highest BCUT2D eigenvalue weighted by Gasteiger charge is 2.14. The van der Waals surface area contributed by atoms with Gasteiger partial charge in [-0.25, -0.2) is 13.1 Å². The molecule has 0 amide bonds. The molecule has 0 fully saturated rings. The van der Waals surface area contributed by atoms with Crippen LogP contribution < -0.4 is 10.0 Å². The summed E-state index contributed by atoms with van der Waals surface area (Å²) in [5.41, 5.74) is 1.52. The molecule has 2 aromatic rings. The van der Waals surface area contributed by atoms with Crippen LogP contribution in [0.1, 0.15) is 18.5 Å². The zero-order valence-corrected chi connectivity index (χ0v) is 13.5. The van der Waals surface area contributed by atoms with E-state index in [1.807, 2.05) is 13.0 Å². The second-order valence-electron chi connectivity index (χ2n) is 4.95. The molecule has 1 unspecified atom stereocenters. The number of nitrogens with one attached hydrogen (secondary N) is 2. The third-order valence-electron chi connectivity index (χ3n) is 3.40. The minimum absolute atomic E-state index is 0.0188. The lowest BCUT2D eigenvalue weighted by molar-refractivity contribution is -0.384. The first-order valence-electron chi connectivity index (χ1n) is 6.88. The number of benzene rings is 2. The minimum atomic E-state index is -3.49. The lowest BCUT2D eigenvalue weighted by atomic mass is 10.1. The zero-order valence-electron chi connectivity index (χ0n) is 12.7. The molecule has 0 aliphatic carbocycles. The largest absolute Gasteiger partial charge is 0.379 e. The van der Waals surface area contributed by atoms with Crippen molar-refractivity contribution in [3.63, 3.8) is 0 Å². The summed E-state index contributed by atoms with van der Waals surface area (Å²) in [6.07, 6.45) is 0. The number of rotatable bonds is 6. The number of nitro groups is 1. The average molecular weight is 335 g/mol. The fourth-order valence-corrected chi connectivity index (χ4v) is 2.87. The Kier molecular flexibility index (Phi) is 4.97. The second-order valence-corrected chi connectivity index (χ2v) is 6.84. The van der Waals surface area contributed by atoms with Crippen molar-refractivity contribution in [1.82, 2.24) is 4.72 Å². The Balaban J connectivity index is 2.19. The Bertz CT molecular complexity index is 804. The summed E-state index contributed by atoms with van der Waals surface area (Å²) in [5.74, 6) is 0. The van der Waals surface area contributed by atoms with Crippen LogP contribution in [0.3, 0.4) is 0 Å². The Morgan fingerprint density at radius 3 is 2.35 bits per heavy atom. The molecule has 0 radical (unpaired) electrons. The van der Waals surface area contributed by atoms with Crippen LogP contribution in [0.5, 0.6) is 0 Å². The first-order chi connectivity index (χ1) is 10.8. The van der Waals surface area contributed by atoms with Gasteiger partial charge >= 0.3 is 0 Å². The molecule has 0 spiro atoms. The van der Waals surface area contributed by atoms with E-state index in [9.17, 15) is 18.5 Å². The SMILES string of the molecule is CNS(=O)(=O)c1cccc(C(C)Nc2ccc([N+](=O)[O-])cc2)c1. The first-order valence-corrected chi connectivity index (χ1v) is 8.36. The Hall–Kier alpha value is -2.45. The lowest BCUT2D eigenvalue weighted by Gasteiger charge is -2.16. The summed E-state index contributed by atoms with van der Waals surface area (Å²) in [5, 5.41) is 13.8. The standard InChI is InChI=1S/C15H17N3O4S/c1-11(17-13-6-8-14(9-7-13)18(19)20)12-4-3-5-15(10-12)23(21,22)16-2/h3-11,16-17H,1-2H3. The van der Waals surface area contributed by atoms with E-state index in [4.69, 9.17) is 0 Å². The van der Waals surface area contributed by atoms with Crippen LogP contribution in [-0.2, 0) is 10.0 Å². The van der Waals surface area contributed by atoms with E-state index < -0.39 is 14.9 Å². The highest BCUT2D eigenvalue weighted by Crippen LogP contribution is 2.23. The van der Waals surface area contributed by atoms with Crippen molar-refractivity contribution in [1.29, 1.82) is 0 Å². The van der Waals surface area contributed by atoms with Crippen molar-refractivity contribution in [3.05, 3.63) is 64.2 Å². The average Bonchev–Trinajstić information content (AvgIpc) is 2.55. The van der Waals surface area contributed by atoms with Crippen molar-refractivity contribution in [2.75, 3.05) is 12.4 Å². The van der Waals surface area contributed by atoms with Gasteiger partial charge < -0.3 is 5.32 Å². The van der Waals surface area contributed by atoms with E-state index in [1.54, 1.807) is 24.3 Å². The highest BCUT2D eigenvalue weighted by molar-refractivity contribution is 7.89. The maximum atomic E-state index is 11.8. The smallest absolute Gasteiger partial charge is 0.269 e. The van der Waals surface area contributed by atoms with Crippen LogP contribution >= 0.6 is 0 Å². The zero-order chi connectivity index (χ0) is 17.0. The molecule has 0 aromatic heterocycles. The lowest BCUT2D eigenvalue weighted by Crippen LogP contribution is -2.19. The van der Waals surface area contributed by atoms with Crippen molar-refractivity contribution in [3.8, 4) is 0 Å². The maximum Gasteiger partial charge on any atom is 0.269 e. The number of sulfonamides is 1. The molecule has 0 saturated carbocycles. The molecule has 7 nitrogen and oxygen atoms in total.